The lowest BCUT2D eigenvalue weighted by molar-refractivity contribution is -0.915. The van der Waals surface area contributed by atoms with E-state index >= 15 is 0 Å². The van der Waals surface area contributed by atoms with E-state index in [0.717, 1.165) is 49.8 Å². The van der Waals surface area contributed by atoms with Crippen LogP contribution < -0.4 is 15.4 Å². The number of aromatic hydroxyl groups is 1. The predicted molar refractivity (Wildman–Crippen MR) is 97.1 cm³/mol. The van der Waals surface area contributed by atoms with Crippen molar-refractivity contribution in [2.45, 2.75) is 6.54 Å². The van der Waals surface area contributed by atoms with Crippen LogP contribution in [0.2, 0.25) is 0 Å². The van der Waals surface area contributed by atoms with Crippen LogP contribution in [0, 0.1) is 0 Å². The number of fused-ring (bicyclic) bond motifs is 1. The number of quaternary nitrogens is 1. The molecule has 2 heterocycles. The maximum absolute atomic E-state index is 12.2. The van der Waals surface area contributed by atoms with Gasteiger partial charge in [-0.2, -0.15) is 0 Å². The van der Waals surface area contributed by atoms with Crippen molar-refractivity contribution in [3.63, 3.8) is 0 Å². The largest absolute Gasteiger partial charge is 0.508 e. The number of hydrogen-bond acceptors (Lipinski definition) is 4. The summed E-state index contributed by atoms with van der Waals surface area (Å²) in [6, 6.07) is 14.8. The third-order valence-corrected chi connectivity index (χ3v) is 4.76. The summed E-state index contributed by atoms with van der Waals surface area (Å²) < 4.78 is 0. The fraction of sp³-hybridized carbons (Fsp3) is 0.263. The van der Waals surface area contributed by atoms with E-state index < -0.39 is 0 Å². The molecule has 6 heteroatoms. The summed E-state index contributed by atoms with van der Waals surface area (Å²) in [4.78, 5) is 23.4. The first kappa shape index (κ1) is 15.7. The van der Waals surface area contributed by atoms with E-state index in [1.165, 1.54) is 4.90 Å². The lowest BCUT2D eigenvalue weighted by Gasteiger charge is -2.33. The molecule has 2 aromatic carbocycles. The second-order valence-electron chi connectivity index (χ2n) is 6.46. The summed E-state index contributed by atoms with van der Waals surface area (Å²) in [5.74, 6) is 1.04. The van der Waals surface area contributed by atoms with Crippen LogP contribution in [-0.4, -0.2) is 41.3 Å². The van der Waals surface area contributed by atoms with Crippen molar-refractivity contribution in [3.8, 4) is 5.75 Å². The van der Waals surface area contributed by atoms with Crippen molar-refractivity contribution in [2.24, 2.45) is 0 Å². The van der Waals surface area contributed by atoms with Gasteiger partial charge in [0.2, 0.25) is 0 Å². The zero-order valence-corrected chi connectivity index (χ0v) is 13.9. The van der Waals surface area contributed by atoms with E-state index in [0.29, 0.717) is 11.1 Å². The number of benzene rings is 2. The standard InChI is InChI=1S/C19H20N4O2/c24-15-7-5-14(6-8-15)23-11-9-22(10-12-23)13-18-20-17-4-2-1-3-16(17)19(25)21-18/h1-8,24H,9-13H2,(H,20,21,25)/p+1. The smallest absolute Gasteiger partial charge is 0.258 e. The number of rotatable bonds is 3. The molecule has 0 amide bonds. The molecule has 0 saturated carbocycles. The number of para-hydroxylation sites is 1. The number of nitrogens with zero attached hydrogens (tertiary/aromatic N) is 2. The van der Waals surface area contributed by atoms with Gasteiger partial charge in [0.1, 0.15) is 12.3 Å². The predicted octanol–water partition coefficient (Wildman–Crippen LogP) is 0.534. The van der Waals surface area contributed by atoms with Crippen molar-refractivity contribution in [2.75, 3.05) is 31.1 Å². The molecule has 4 rings (SSSR count). The molecule has 1 fully saturated rings. The second-order valence-corrected chi connectivity index (χ2v) is 6.46. The summed E-state index contributed by atoms with van der Waals surface area (Å²) in [5, 5.41) is 10.0. The van der Waals surface area contributed by atoms with Gasteiger partial charge >= 0.3 is 0 Å². The Balaban J connectivity index is 1.43. The Hall–Kier alpha value is -2.86. The minimum atomic E-state index is -0.0669. The van der Waals surface area contributed by atoms with Crippen LogP contribution >= 0.6 is 0 Å². The molecule has 0 atom stereocenters. The maximum atomic E-state index is 12.2. The number of H-pyrrole nitrogens is 1. The molecule has 25 heavy (non-hydrogen) atoms. The van der Waals surface area contributed by atoms with E-state index in [1.807, 2.05) is 30.3 Å². The van der Waals surface area contributed by atoms with Gasteiger partial charge in [-0.25, -0.2) is 4.98 Å². The number of nitrogens with one attached hydrogen (secondary N) is 2. The Morgan fingerprint density at radius 2 is 1.80 bits per heavy atom. The van der Waals surface area contributed by atoms with Crippen LogP contribution in [0.25, 0.3) is 10.9 Å². The molecule has 0 spiro atoms. The van der Waals surface area contributed by atoms with E-state index in [4.69, 9.17) is 0 Å². The van der Waals surface area contributed by atoms with Gasteiger partial charge in [-0.3, -0.25) is 4.79 Å². The second kappa shape index (κ2) is 6.57. The van der Waals surface area contributed by atoms with E-state index in [1.54, 1.807) is 18.2 Å². The van der Waals surface area contributed by atoms with Gasteiger partial charge in [-0.1, -0.05) is 12.1 Å². The molecule has 3 aromatic rings. The molecule has 3 N–H and O–H groups in total. The molecular formula is C19H21N4O2+. The average Bonchev–Trinajstić information content (AvgIpc) is 2.63. The highest BCUT2D eigenvalue weighted by Crippen LogP contribution is 2.18. The highest BCUT2D eigenvalue weighted by Gasteiger charge is 2.21. The number of aromatic amines is 1. The van der Waals surface area contributed by atoms with Crippen LogP contribution in [-0.2, 0) is 6.54 Å². The first-order chi connectivity index (χ1) is 12.2. The Labute approximate surface area is 145 Å². The lowest BCUT2D eigenvalue weighted by Crippen LogP contribution is -3.13. The van der Waals surface area contributed by atoms with Crippen LogP contribution in [0.15, 0.2) is 53.3 Å². The average molecular weight is 337 g/mol. The Morgan fingerprint density at radius 1 is 1.08 bits per heavy atom. The summed E-state index contributed by atoms with van der Waals surface area (Å²) >= 11 is 0. The minimum absolute atomic E-state index is 0.0669. The zero-order chi connectivity index (χ0) is 17.2. The first-order valence-corrected chi connectivity index (χ1v) is 8.54. The normalized spacial score (nSPS) is 15.6. The third-order valence-electron chi connectivity index (χ3n) is 4.76. The van der Waals surface area contributed by atoms with Crippen LogP contribution in [0.5, 0.6) is 5.75 Å². The summed E-state index contributed by atoms with van der Waals surface area (Å²) in [6.07, 6.45) is 0. The minimum Gasteiger partial charge on any atom is -0.508 e. The summed E-state index contributed by atoms with van der Waals surface area (Å²) in [6.45, 7) is 4.58. The fourth-order valence-corrected chi connectivity index (χ4v) is 3.38. The molecule has 1 aromatic heterocycles. The van der Waals surface area contributed by atoms with Crippen molar-refractivity contribution in [1.29, 1.82) is 0 Å². The van der Waals surface area contributed by atoms with E-state index in [-0.39, 0.29) is 5.56 Å². The maximum Gasteiger partial charge on any atom is 0.258 e. The molecule has 0 radical (unpaired) electrons. The Morgan fingerprint density at radius 3 is 2.56 bits per heavy atom. The van der Waals surface area contributed by atoms with Gasteiger partial charge in [0, 0.05) is 5.69 Å². The SMILES string of the molecule is O=c1[nH]c(C[NH+]2CCN(c3ccc(O)cc3)CC2)nc2ccccc12. The third kappa shape index (κ3) is 3.34. The molecule has 0 unspecified atom stereocenters. The first-order valence-electron chi connectivity index (χ1n) is 8.54. The quantitative estimate of drug-likeness (QED) is 0.652. The van der Waals surface area contributed by atoms with Crippen molar-refractivity contribution < 1.29 is 10.0 Å². The molecule has 6 nitrogen and oxygen atoms in total. The van der Waals surface area contributed by atoms with Gasteiger partial charge in [0.25, 0.3) is 5.56 Å². The lowest BCUT2D eigenvalue weighted by atomic mass is 10.2. The molecule has 128 valence electrons. The molecule has 1 saturated heterocycles. The molecular weight excluding hydrogens is 316 g/mol. The Kier molecular flexibility index (Phi) is 4.11. The van der Waals surface area contributed by atoms with Gasteiger partial charge in [0.15, 0.2) is 5.82 Å². The van der Waals surface area contributed by atoms with E-state index in [2.05, 4.69) is 14.9 Å². The monoisotopic (exact) mass is 337 g/mol. The molecule has 1 aliphatic rings. The summed E-state index contributed by atoms with van der Waals surface area (Å²) in [5.41, 5.74) is 1.82. The van der Waals surface area contributed by atoms with Gasteiger partial charge in [-0.05, 0) is 36.4 Å². The number of hydrogen-bond donors (Lipinski definition) is 3. The number of phenolic OH excluding ortho intramolecular Hbond substituents is 1. The topological polar surface area (TPSA) is 73.7 Å². The van der Waals surface area contributed by atoms with Crippen molar-refractivity contribution >= 4 is 16.6 Å². The van der Waals surface area contributed by atoms with E-state index in [9.17, 15) is 9.90 Å². The van der Waals surface area contributed by atoms with Crippen LogP contribution in [0.4, 0.5) is 5.69 Å². The zero-order valence-electron chi connectivity index (χ0n) is 13.9. The molecule has 0 aliphatic carbocycles. The number of piperazine rings is 1. The summed E-state index contributed by atoms with van der Waals surface area (Å²) in [7, 11) is 0. The van der Waals surface area contributed by atoms with Crippen molar-refractivity contribution in [3.05, 3.63) is 64.7 Å². The Bertz CT molecular complexity index is 928. The number of aromatic nitrogens is 2. The van der Waals surface area contributed by atoms with Crippen LogP contribution in [0.1, 0.15) is 5.82 Å². The van der Waals surface area contributed by atoms with Gasteiger partial charge in [0.05, 0.1) is 37.1 Å². The fourth-order valence-electron chi connectivity index (χ4n) is 3.38. The van der Waals surface area contributed by atoms with Crippen LogP contribution in [0.3, 0.4) is 0 Å². The number of anilines is 1. The number of phenols is 1. The molecule has 1 aliphatic heterocycles. The molecule has 0 bridgehead atoms. The van der Waals surface area contributed by atoms with Gasteiger partial charge in [-0.15, -0.1) is 0 Å². The van der Waals surface area contributed by atoms with Crippen molar-refractivity contribution in [1.82, 2.24) is 9.97 Å². The van der Waals surface area contributed by atoms with Gasteiger partial charge < -0.3 is 19.9 Å². The highest BCUT2D eigenvalue weighted by molar-refractivity contribution is 5.77. The highest BCUT2D eigenvalue weighted by atomic mass is 16.3.